The molecule has 0 spiro atoms. The van der Waals surface area contributed by atoms with Crippen LogP contribution >= 0.6 is 0 Å². The van der Waals surface area contributed by atoms with E-state index in [0.29, 0.717) is 0 Å². The molecule has 1 aliphatic rings. The van der Waals surface area contributed by atoms with Crippen molar-refractivity contribution in [1.29, 1.82) is 0 Å². The van der Waals surface area contributed by atoms with Gasteiger partial charge in [-0.2, -0.15) is 5.57 Å². The van der Waals surface area contributed by atoms with Crippen LogP contribution in [0.15, 0.2) is 71.7 Å². The van der Waals surface area contributed by atoms with Gasteiger partial charge in [-0.05, 0) is 17.7 Å². The Bertz CT molecular complexity index is 742. The number of hydrogen-bond acceptors (Lipinski definition) is 1. The van der Waals surface area contributed by atoms with Crippen molar-refractivity contribution in [1.82, 2.24) is 0 Å². The van der Waals surface area contributed by atoms with Gasteiger partial charge in [0.2, 0.25) is 13.4 Å². The van der Waals surface area contributed by atoms with Gasteiger partial charge >= 0.3 is 0 Å². The van der Waals surface area contributed by atoms with E-state index in [0.717, 1.165) is 28.2 Å². The van der Waals surface area contributed by atoms with Gasteiger partial charge in [0.1, 0.15) is 11.5 Å². The summed E-state index contributed by atoms with van der Waals surface area (Å²) in [5, 5.41) is 0. The van der Waals surface area contributed by atoms with Gasteiger partial charge in [-0.25, -0.2) is 0 Å². The predicted molar refractivity (Wildman–Crippen MR) is 110 cm³/mol. The molecule has 2 heteroatoms. The summed E-state index contributed by atoms with van der Waals surface area (Å²) in [4.78, 5) is 0. The lowest BCUT2D eigenvalue weighted by atomic mass is 9.86. The Labute approximate surface area is 158 Å². The number of rotatable bonds is 3. The van der Waals surface area contributed by atoms with Crippen LogP contribution in [0.4, 0.5) is 0 Å². The number of carbonyl (C=O) groups excluding carboxylic acids is 1. The Morgan fingerprint density at radius 3 is 1.92 bits per heavy atom. The smallest absolute Gasteiger partial charge is 0.229 e. The Balaban J connectivity index is 2.57. The largest absolute Gasteiger partial charge is 0.465 e. The highest BCUT2D eigenvalue weighted by atomic mass is 16.5. The molecule has 0 unspecified atom stereocenters. The summed E-state index contributed by atoms with van der Waals surface area (Å²) in [6.45, 7) is 13.0. The van der Waals surface area contributed by atoms with E-state index in [1.165, 1.54) is 0 Å². The number of hydrogen-bond donors (Lipinski definition) is 0. The SMILES string of the molecule is C[O+]=[C-]/C=C(/C=C1C=C(C(C)(C)C)OC(C(C)(C)C)=C1)c1ccccc1. The van der Waals surface area contributed by atoms with Crippen LogP contribution in [0.5, 0.6) is 0 Å². The molecule has 0 fully saturated rings. The fraction of sp³-hybridized carbons (Fsp3) is 0.375. The molecule has 0 bridgehead atoms. The molecule has 0 saturated carbocycles. The molecule has 2 nitrogen and oxygen atoms in total. The van der Waals surface area contributed by atoms with E-state index >= 15 is 0 Å². The van der Waals surface area contributed by atoms with Gasteiger partial charge in [-0.1, -0.05) is 77.4 Å². The van der Waals surface area contributed by atoms with Crippen LogP contribution in [0, 0.1) is 10.8 Å². The molecular weight excluding hydrogens is 320 g/mol. The Morgan fingerprint density at radius 1 is 0.923 bits per heavy atom. The average molecular weight is 351 g/mol. The van der Waals surface area contributed by atoms with Crippen LogP contribution in [0.1, 0.15) is 47.1 Å². The maximum atomic E-state index is 6.24. The molecule has 1 heterocycles. The van der Waals surface area contributed by atoms with Crippen molar-refractivity contribution in [2.45, 2.75) is 41.5 Å². The number of allylic oxidation sites excluding steroid dienone is 8. The zero-order valence-corrected chi connectivity index (χ0v) is 17.0. The lowest BCUT2D eigenvalue weighted by molar-refractivity contribution is 0.161. The number of benzene rings is 1. The van der Waals surface area contributed by atoms with Gasteiger partial charge in [0.15, 0.2) is 0 Å². The molecular formula is C24H30O2. The molecule has 2 rings (SSSR count). The third kappa shape index (κ3) is 5.32. The van der Waals surface area contributed by atoms with Crippen molar-refractivity contribution in [3.05, 3.63) is 77.3 Å². The van der Waals surface area contributed by atoms with Crippen molar-refractivity contribution in [2.75, 3.05) is 7.11 Å². The predicted octanol–water partition coefficient (Wildman–Crippen LogP) is 6.16. The van der Waals surface area contributed by atoms with E-state index in [2.05, 4.69) is 78.2 Å². The van der Waals surface area contributed by atoms with Crippen LogP contribution in [0.3, 0.4) is 0 Å². The Hall–Kier alpha value is -2.35. The normalized spacial score (nSPS) is 16.3. The maximum Gasteiger partial charge on any atom is 0.229 e. The Kier molecular flexibility index (Phi) is 6.07. The number of ether oxygens (including phenoxy) is 1. The van der Waals surface area contributed by atoms with Gasteiger partial charge < -0.3 is 9.16 Å². The summed E-state index contributed by atoms with van der Waals surface area (Å²) in [5.74, 6) is 1.95. The van der Waals surface area contributed by atoms with E-state index in [1.807, 2.05) is 24.3 Å². The molecule has 0 saturated heterocycles. The van der Waals surface area contributed by atoms with E-state index in [1.54, 1.807) is 7.11 Å². The summed E-state index contributed by atoms with van der Waals surface area (Å²) in [7, 11) is 1.61. The van der Waals surface area contributed by atoms with Crippen LogP contribution < -0.4 is 0 Å². The highest BCUT2D eigenvalue weighted by molar-refractivity contribution is 5.87. The van der Waals surface area contributed by atoms with Gasteiger partial charge in [-0.3, -0.25) is 0 Å². The topological polar surface area (TPSA) is 20.5 Å². The molecule has 0 atom stereocenters. The van der Waals surface area contributed by atoms with E-state index in [-0.39, 0.29) is 10.8 Å². The second-order valence-corrected chi connectivity index (χ2v) is 8.55. The van der Waals surface area contributed by atoms with Crippen LogP contribution in [0.25, 0.3) is 5.57 Å². The van der Waals surface area contributed by atoms with Crippen LogP contribution in [-0.4, -0.2) is 13.4 Å². The molecule has 0 aliphatic carbocycles. The first kappa shape index (κ1) is 20.0. The van der Waals surface area contributed by atoms with E-state index in [4.69, 9.17) is 9.16 Å². The van der Waals surface area contributed by atoms with Crippen molar-refractivity contribution in [3.63, 3.8) is 0 Å². The van der Waals surface area contributed by atoms with Gasteiger partial charge in [0.25, 0.3) is 0 Å². The molecule has 0 radical (unpaired) electrons. The minimum Gasteiger partial charge on any atom is -0.465 e. The van der Waals surface area contributed by atoms with Crippen molar-refractivity contribution >= 4 is 11.9 Å². The van der Waals surface area contributed by atoms with Gasteiger partial charge in [0, 0.05) is 10.8 Å². The minimum atomic E-state index is -0.0642. The van der Waals surface area contributed by atoms with Crippen LogP contribution in [0.2, 0.25) is 0 Å². The molecule has 26 heavy (non-hydrogen) atoms. The lowest BCUT2D eigenvalue weighted by Crippen LogP contribution is -2.21. The average Bonchev–Trinajstić information content (AvgIpc) is 2.57. The molecule has 0 N–H and O–H groups in total. The third-order valence-electron chi connectivity index (χ3n) is 4.06. The summed E-state index contributed by atoms with van der Waals surface area (Å²) < 4.78 is 11.3. The molecule has 138 valence electrons. The van der Waals surface area contributed by atoms with E-state index < -0.39 is 0 Å². The Morgan fingerprint density at radius 2 is 1.46 bits per heavy atom. The molecule has 1 aromatic carbocycles. The highest BCUT2D eigenvalue weighted by Gasteiger charge is 2.28. The summed E-state index contributed by atoms with van der Waals surface area (Å²) >= 11 is 0. The second kappa shape index (κ2) is 7.90. The maximum absolute atomic E-state index is 6.24. The second-order valence-electron chi connectivity index (χ2n) is 8.55. The van der Waals surface area contributed by atoms with Crippen LogP contribution in [-0.2, 0) is 9.16 Å². The first-order valence-corrected chi connectivity index (χ1v) is 8.99. The van der Waals surface area contributed by atoms with Crippen molar-refractivity contribution < 1.29 is 9.16 Å². The molecule has 0 amide bonds. The highest BCUT2D eigenvalue weighted by Crippen LogP contribution is 2.39. The van der Waals surface area contributed by atoms with Gasteiger partial charge in [-0.15, -0.1) is 12.2 Å². The molecule has 0 aromatic heterocycles. The van der Waals surface area contributed by atoms with Crippen molar-refractivity contribution in [3.8, 4) is 0 Å². The summed E-state index contributed by atoms with van der Waals surface area (Å²) in [6.07, 6.45) is 11.1. The summed E-state index contributed by atoms with van der Waals surface area (Å²) in [6, 6.07) is 10.3. The first-order valence-electron chi connectivity index (χ1n) is 8.99. The first-order chi connectivity index (χ1) is 12.1. The van der Waals surface area contributed by atoms with E-state index in [9.17, 15) is 0 Å². The quantitative estimate of drug-likeness (QED) is 0.363. The summed E-state index contributed by atoms with van der Waals surface area (Å²) in [5.41, 5.74) is 3.14. The third-order valence-corrected chi connectivity index (χ3v) is 4.06. The van der Waals surface area contributed by atoms with Crippen molar-refractivity contribution in [2.24, 2.45) is 10.8 Å². The lowest BCUT2D eigenvalue weighted by Gasteiger charge is -2.33. The van der Waals surface area contributed by atoms with Gasteiger partial charge in [0.05, 0.1) is 0 Å². The monoisotopic (exact) mass is 350 g/mol. The standard InChI is InChI=1S/C24H30O2/c1-23(2,3)21-16-18(17-22(26-21)24(4,5)6)15-20(13-14-25-7)19-11-9-8-10-12-19/h8-13,15-17H,1-7H3/b20-13-. The fourth-order valence-electron chi connectivity index (χ4n) is 2.49. The zero-order valence-electron chi connectivity index (χ0n) is 17.0. The zero-order chi connectivity index (χ0) is 19.4. The molecule has 1 aromatic rings. The fourth-order valence-corrected chi connectivity index (χ4v) is 2.49. The minimum absolute atomic E-state index is 0.0642. The molecule has 1 aliphatic heterocycles.